The van der Waals surface area contributed by atoms with E-state index in [9.17, 15) is 9.50 Å². The van der Waals surface area contributed by atoms with Crippen LogP contribution in [0, 0.1) is 11.7 Å². The highest BCUT2D eigenvalue weighted by atomic mass is 35.5. The highest BCUT2D eigenvalue weighted by Gasteiger charge is 2.26. The van der Waals surface area contributed by atoms with E-state index in [4.69, 9.17) is 11.6 Å². The highest BCUT2D eigenvalue weighted by molar-refractivity contribution is 6.31. The number of nitrogens with one attached hydrogen (secondary N) is 1. The summed E-state index contributed by atoms with van der Waals surface area (Å²) in [6.07, 6.45) is 8.95. The van der Waals surface area contributed by atoms with Crippen LogP contribution in [0.1, 0.15) is 62.8 Å². The van der Waals surface area contributed by atoms with E-state index in [2.05, 4.69) is 5.32 Å². The van der Waals surface area contributed by atoms with Gasteiger partial charge < -0.3 is 10.4 Å². The van der Waals surface area contributed by atoms with Crippen LogP contribution in [-0.2, 0) is 0 Å². The number of hydrogen-bond acceptors (Lipinski definition) is 2. The van der Waals surface area contributed by atoms with E-state index in [1.165, 1.54) is 31.4 Å². The van der Waals surface area contributed by atoms with Crippen LogP contribution in [0.3, 0.4) is 0 Å². The Morgan fingerprint density at radius 1 is 1.13 bits per heavy atom. The molecule has 2 aliphatic carbocycles. The summed E-state index contributed by atoms with van der Waals surface area (Å²) in [6, 6.07) is 5.11. The first kappa shape index (κ1) is 17.2. The van der Waals surface area contributed by atoms with Gasteiger partial charge in [0.15, 0.2) is 0 Å². The van der Waals surface area contributed by atoms with Gasteiger partial charge >= 0.3 is 0 Å². The summed E-state index contributed by atoms with van der Waals surface area (Å²) in [6.45, 7) is 1.01. The zero-order chi connectivity index (χ0) is 16.2. The normalized spacial score (nSPS) is 31.4. The molecule has 1 aromatic carbocycles. The average molecular weight is 340 g/mol. The zero-order valence-electron chi connectivity index (χ0n) is 13.6. The summed E-state index contributed by atoms with van der Waals surface area (Å²) < 4.78 is 13.2. The molecule has 0 heterocycles. The number of aliphatic hydroxyl groups is 1. The Morgan fingerprint density at radius 3 is 2.57 bits per heavy atom. The minimum atomic E-state index is -0.257. The Balaban J connectivity index is 1.41. The van der Waals surface area contributed by atoms with Crippen LogP contribution in [0.5, 0.6) is 0 Å². The fourth-order valence-corrected chi connectivity index (χ4v) is 4.57. The molecule has 0 aliphatic heterocycles. The van der Waals surface area contributed by atoms with E-state index in [0.29, 0.717) is 17.0 Å². The van der Waals surface area contributed by atoms with Crippen molar-refractivity contribution in [3.8, 4) is 0 Å². The molecule has 2 saturated carbocycles. The van der Waals surface area contributed by atoms with Crippen molar-refractivity contribution in [2.45, 2.75) is 69.4 Å². The van der Waals surface area contributed by atoms with Gasteiger partial charge in [-0.1, -0.05) is 17.7 Å². The van der Waals surface area contributed by atoms with Crippen LogP contribution in [0.4, 0.5) is 4.39 Å². The quantitative estimate of drug-likeness (QED) is 0.818. The first-order chi connectivity index (χ1) is 11.1. The first-order valence-corrected chi connectivity index (χ1v) is 9.37. The monoisotopic (exact) mass is 339 g/mol. The lowest BCUT2D eigenvalue weighted by Gasteiger charge is -2.30. The highest BCUT2D eigenvalue weighted by Crippen LogP contribution is 2.39. The van der Waals surface area contributed by atoms with Crippen molar-refractivity contribution in [1.29, 1.82) is 0 Å². The number of halogens is 2. The summed E-state index contributed by atoms with van der Waals surface area (Å²) >= 11 is 6.20. The summed E-state index contributed by atoms with van der Waals surface area (Å²) in [5, 5.41) is 13.9. The molecule has 2 fully saturated rings. The molecule has 23 heavy (non-hydrogen) atoms. The van der Waals surface area contributed by atoms with Gasteiger partial charge in [0.1, 0.15) is 5.82 Å². The summed E-state index contributed by atoms with van der Waals surface area (Å²) in [4.78, 5) is 0. The summed E-state index contributed by atoms with van der Waals surface area (Å²) in [7, 11) is 0. The number of aliphatic hydroxyl groups excluding tert-OH is 1. The van der Waals surface area contributed by atoms with Crippen molar-refractivity contribution in [3.63, 3.8) is 0 Å². The van der Waals surface area contributed by atoms with Gasteiger partial charge in [-0.2, -0.15) is 0 Å². The molecule has 0 amide bonds. The Morgan fingerprint density at radius 2 is 1.91 bits per heavy atom. The lowest BCUT2D eigenvalue weighted by Crippen LogP contribution is -2.36. The summed E-state index contributed by atoms with van der Waals surface area (Å²) in [5.41, 5.74) is 1.11. The molecule has 2 nitrogen and oxygen atoms in total. The SMILES string of the molecule is OC1CCCC1NCCC1CCC(c2ccc(F)cc2Cl)CC1. The molecule has 0 saturated heterocycles. The molecule has 2 N–H and O–H groups in total. The van der Waals surface area contributed by atoms with Crippen LogP contribution < -0.4 is 5.32 Å². The van der Waals surface area contributed by atoms with Crippen molar-refractivity contribution in [2.24, 2.45) is 5.92 Å². The van der Waals surface area contributed by atoms with Crippen LogP contribution in [0.25, 0.3) is 0 Å². The summed E-state index contributed by atoms with van der Waals surface area (Å²) in [5.74, 6) is 0.980. The van der Waals surface area contributed by atoms with E-state index in [0.717, 1.165) is 50.1 Å². The van der Waals surface area contributed by atoms with Crippen molar-refractivity contribution in [3.05, 3.63) is 34.6 Å². The Bertz CT molecular complexity index is 516. The standard InChI is InChI=1S/C19H27ClFNO/c20-17-12-15(21)8-9-16(17)14-6-4-13(5-7-14)10-11-22-18-2-1-3-19(18)23/h8-9,12-14,18-19,22-23H,1-7,10-11H2. The molecule has 0 spiro atoms. The van der Waals surface area contributed by atoms with E-state index >= 15 is 0 Å². The van der Waals surface area contributed by atoms with Gasteiger partial charge in [0.25, 0.3) is 0 Å². The largest absolute Gasteiger partial charge is 0.392 e. The van der Waals surface area contributed by atoms with E-state index in [1.54, 1.807) is 0 Å². The lowest BCUT2D eigenvalue weighted by atomic mass is 9.77. The fraction of sp³-hybridized carbons (Fsp3) is 0.684. The second kappa shape index (κ2) is 7.96. The molecule has 128 valence electrons. The van der Waals surface area contributed by atoms with Crippen LogP contribution in [0.2, 0.25) is 5.02 Å². The van der Waals surface area contributed by atoms with Crippen LogP contribution in [0.15, 0.2) is 18.2 Å². The fourth-order valence-electron chi connectivity index (χ4n) is 4.25. The van der Waals surface area contributed by atoms with Gasteiger partial charge in [-0.3, -0.25) is 0 Å². The van der Waals surface area contributed by atoms with Gasteiger partial charge in [0, 0.05) is 11.1 Å². The molecular formula is C19H27ClFNO. The smallest absolute Gasteiger partial charge is 0.124 e. The molecule has 0 aromatic heterocycles. The Hall–Kier alpha value is -0.640. The topological polar surface area (TPSA) is 32.3 Å². The lowest BCUT2D eigenvalue weighted by molar-refractivity contribution is 0.147. The molecule has 3 rings (SSSR count). The third-order valence-corrected chi connectivity index (χ3v) is 6.01. The predicted octanol–water partition coefficient (Wildman–Crippen LogP) is 4.65. The molecule has 0 radical (unpaired) electrons. The van der Waals surface area contributed by atoms with Crippen LogP contribution in [-0.4, -0.2) is 23.8 Å². The molecule has 1 aromatic rings. The number of hydrogen-bond donors (Lipinski definition) is 2. The van der Waals surface area contributed by atoms with Crippen molar-refractivity contribution >= 4 is 11.6 Å². The molecular weight excluding hydrogens is 313 g/mol. The first-order valence-electron chi connectivity index (χ1n) is 9.00. The Labute approximate surface area is 143 Å². The van der Waals surface area contributed by atoms with Crippen LogP contribution >= 0.6 is 11.6 Å². The third kappa shape index (κ3) is 4.46. The molecule has 2 atom stereocenters. The molecule has 0 bridgehead atoms. The van der Waals surface area contributed by atoms with Gasteiger partial charge in [-0.05, 0) is 87.4 Å². The Kier molecular flexibility index (Phi) is 5.95. The van der Waals surface area contributed by atoms with Crippen molar-refractivity contribution < 1.29 is 9.50 Å². The maximum Gasteiger partial charge on any atom is 0.124 e. The maximum atomic E-state index is 13.2. The van der Waals surface area contributed by atoms with E-state index in [1.807, 2.05) is 6.07 Å². The van der Waals surface area contributed by atoms with Crippen molar-refractivity contribution in [1.82, 2.24) is 5.32 Å². The number of rotatable bonds is 5. The second-order valence-electron chi connectivity index (χ2n) is 7.23. The zero-order valence-corrected chi connectivity index (χ0v) is 14.4. The third-order valence-electron chi connectivity index (χ3n) is 5.69. The molecule has 2 unspecified atom stereocenters. The van der Waals surface area contributed by atoms with Gasteiger partial charge in [-0.25, -0.2) is 4.39 Å². The minimum absolute atomic E-state index is 0.147. The average Bonchev–Trinajstić information content (AvgIpc) is 2.94. The second-order valence-corrected chi connectivity index (χ2v) is 7.64. The predicted molar refractivity (Wildman–Crippen MR) is 92.4 cm³/mol. The van der Waals surface area contributed by atoms with E-state index in [-0.39, 0.29) is 11.9 Å². The molecule has 2 aliphatic rings. The minimum Gasteiger partial charge on any atom is -0.392 e. The van der Waals surface area contributed by atoms with Gasteiger partial charge in [-0.15, -0.1) is 0 Å². The van der Waals surface area contributed by atoms with Gasteiger partial charge in [0.2, 0.25) is 0 Å². The number of benzene rings is 1. The van der Waals surface area contributed by atoms with E-state index < -0.39 is 0 Å². The molecule has 4 heteroatoms. The maximum absolute atomic E-state index is 13.2. The van der Waals surface area contributed by atoms with Gasteiger partial charge in [0.05, 0.1) is 6.10 Å². The van der Waals surface area contributed by atoms with Crippen molar-refractivity contribution in [2.75, 3.05) is 6.54 Å².